The van der Waals surface area contributed by atoms with Crippen LogP contribution in [0.25, 0.3) is 22.4 Å². The molecule has 0 atom stereocenters. The summed E-state index contributed by atoms with van der Waals surface area (Å²) in [6, 6.07) is 9.04. The monoisotopic (exact) mass is 287 g/mol. The van der Waals surface area contributed by atoms with Crippen molar-refractivity contribution in [2.45, 2.75) is 19.9 Å². The fourth-order valence-corrected chi connectivity index (χ4v) is 2.48. The molecule has 2 N–H and O–H groups in total. The number of rotatable bonds is 2. The third-order valence-electron chi connectivity index (χ3n) is 3.42. The number of anilines is 1. The summed E-state index contributed by atoms with van der Waals surface area (Å²) in [4.78, 5) is 4.53. The Hall–Kier alpha value is -2.43. The number of aromatic nitrogens is 2. The zero-order chi connectivity index (χ0) is 15.1. The van der Waals surface area contributed by atoms with E-state index in [4.69, 9.17) is 5.73 Å². The number of benzene rings is 2. The van der Waals surface area contributed by atoms with Crippen LogP contribution in [0.1, 0.15) is 19.9 Å². The van der Waals surface area contributed by atoms with Crippen molar-refractivity contribution < 1.29 is 8.78 Å². The van der Waals surface area contributed by atoms with Gasteiger partial charge in [0, 0.05) is 11.6 Å². The largest absolute Gasteiger partial charge is 0.396 e. The predicted octanol–water partition coefficient (Wildman–Crippen LogP) is 4.14. The first-order valence-corrected chi connectivity index (χ1v) is 6.70. The molecular weight excluding hydrogens is 272 g/mol. The van der Waals surface area contributed by atoms with Crippen molar-refractivity contribution in [3.8, 4) is 11.4 Å². The minimum absolute atomic E-state index is 0.0704. The first kappa shape index (κ1) is 13.5. The zero-order valence-corrected chi connectivity index (χ0v) is 11.8. The smallest absolute Gasteiger partial charge is 0.146 e. The molecule has 3 aromatic rings. The van der Waals surface area contributed by atoms with Gasteiger partial charge in [0.15, 0.2) is 0 Å². The second-order valence-electron chi connectivity index (χ2n) is 5.27. The van der Waals surface area contributed by atoms with Gasteiger partial charge in [0.25, 0.3) is 0 Å². The van der Waals surface area contributed by atoms with E-state index in [0.29, 0.717) is 22.4 Å². The van der Waals surface area contributed by atoms with Crippen LogP contribution in [-0.2, 0) is 0 Å². The summed E-state index contributed by atoms with van der Waals surface area (Å²) in [5.74, 6) is -0.122. The predicted molar refractivity (Wildman–Crippen MR) is 79.9 cm³/mol. The van der Waals surface area contributed by atoms with Crippen LogP contribution < -0.4 is 5.73 Å². The first-order chi connectivity index (χ1) is 9.97. The molecule has 0 radical (unpaired) electrons. The number of fused-ring (bicyclic) bond motifs is 1. The molecule has 21 heavy (non-hydrogen) atoms. The third-order valence-corrected chi connectivity index (χ3v) is 3.42. The Kier molecular flexibility index (Phi) is 3.12. The van der Waals surface area contributed by atoms with Crippen molar-refractivity contribution in [2.75, 3.05) is 5.73 Å². The quantitative estimate of drug-likeness (QED) is 0.720. The third kappa shape index (κ3) is 2.24. The van der Waals surface area contributed by atoms with Gasteiger partial charge in [-0.05, 0) is 50.2 Å². The highest BCUT2D eigenvalue weighted by Gasteiger charge is 2.16. The molecule has 0 unspecified atom stereocenters. The maximum Gasteiger partial charge on any atom is 0.146 e. The molecule has 1 aromatic heterocycles. The van der Waals surface area contributed by atoms with Gasteiger partial charge >= 0.3 is 0 Å². The van der Waals surface area contributed by atoms with E-state index in [-0.39, 0.29) is 17.5 Å². The fraction of sp³-hybridized carbons (Fsp3) is 0.188. The van der Waals surface area contributed by atoms with Gasteiger partial charge in [-0.2, -0.15) is 0 Å². The van der Waals surface area contributed by atoms with Gasteiger partial charge in [0.05, 0.1) is 16.7 Å². The highest BCUT2D eigenvalue weighted by Crippen LogP contribution is 2.30. The van der Waals surface area contributed by atoms with Gasteiger partial charge in [-0.3, -0.25) is 0 Å². The van der Waals surface area contributed by atoms with E-state index in [1.807, 2.05) is 18.4 Å². The minimum Gasteiger partial charge on any atom is -0.396 e. The van der Waals surface area contributed by atoms with Crippen LogP contribution in [0.15, 0.2) is 36.4 Å². The van der Waals surface area contributed by atoms with Crippen LogP contribution >= 0.6 is 0 Å². The number of hydrogen-bond acceptors (Lipinski definition) is 2. The molecule has 0 saturated carbocycles. The molecule has 0 aliphatic carbocycles. The van der Waals surface area contributed by atoms with Gasteiger partial charge in [0.1, 0.15) is 17.5 Å². The molecule has 0 fully saturated rings. The normalized spacial score (nSPS) is 11.5. The van der Waals surface area contributed by atoms with Gasteiger partial charge in [-0.15, -0.1) is 0 Å². The summed E-state index contributed by atoms with van der Waals surface area (Å²) in [7, 11) is 0. The molecule has 5 heteroatoms. The van der Waals surface area contributed by atoms with E-state index >= 15 is 0 Å². The highest BCUT2D eigenvalue weighted by atomic mass is 19.1. The molecule has 0 bridgehead atoms. The van der Waals surface area contributed by atoms with Crippen molar-refractivity contribution in [2.24, 2.45) is 0 Å². The Labute approximate surface area is 121 Å². The molecule has 0 amide bonds. The van der Waals surface area contributed by atoms with E-state index in [0.717, 1.165) is 0 Å². The summed E-state index contributed by atoms with van der Waals surface area (Å²) < 4.78 is 28.7. The maximum absolute atomic E-state index is 13.5. The molecule has 0 aliphatic rings. The summed E-state index contributed by atoms with van der Waals surface area (Å²) >= 11 is 0. The van der Waals surface area contributed by atoms with E-state index in [1.54, 1.807) is 18.2 Å². The van der Waals surface area contributed by atoms with Gasteiger partial charge < -0.3 is 10.3 Å². The SMILES string of the molecule is CC(C)n1c(-c2ccc(F)c(N)c2)nc2ccc(F)cc21. The van der Waals surface area contributed by atoms with Crippen molar-refractivity contribution in [1.29, 1.82) is 0 Å². The van der Waals surface area contributed by atoms with E-state index < -0.39 is 5.82 Å². The van der Waals surface area contributed by atoms with Crippen LogP contribution in [0, 0.1) is 11.6 Å². The fourth-order valence-electron chi connectivity index (χ4n) is 2.48. The Morgan fingerprint density at radius 1 is 1.10 bits per heavy atom. The molecule has 0 saturated heterocycles. The van der Waals surface area contributed by atoms with Crippen molar-refractivity contribution >= 4 is 16.7 Å². The number of nitrogen functional groups attached to an aromatic ring is 1. The molecule has 3 nitrogen and oxygen atoms in total. The topological polar surface area (TPSA) is 43.8 Å². The van der Waals surface area contributed by atoms with Crippen LogP contribution in [0.3, 0.4) is 0 Å². The molecule has 1 heterocycles. The summed E-state index contributed by atoms with van der Waals surface area (Å²) in [5, 5.41) is 0. The lowest BCUT2D eigenvalue weighted by Gasteiger charge is -2.13. The summed E-state index contributed by atoms with van der Waals surface area (Å²) in [6.45, 7) is 3.98. The number of nitrogens with zero attached hydrogens (tertiary/aromatic N) is 2. The molecule has 0 spiro atoms. The van der Waals surface area contributed by atoms with Crippen molar-refractivity contribution in [3.63, 3.8) is 0 Å². The first-order valence-electron chi connectivity index (χ1n) is 6.70. The lowest BCUT2D eigenvalue weighted by Crippen LogP contribution is -2.03. The van der Waals surface area contributed by atoms with Crippen LogP contribution in [-0.4, -0.2) is 9.55 Å². The van der Waals surface area contributed by atoms with Gasteiger partial charge in [-0.25, -0.2) is 13.8 Å². The van der Waals surface area contributed by atoms with Gasteiger partial charge in [-0.1, -0.05) is 0 Å². The van der Waals surface area contributed by atoms with Gasteiger partial charge in [0.2, 0.25) is 0 Å². The highest BCUT2D eigenvalue weighted by molar-refractivity contribution is 5.81. The standard InChI is InChI=1S/C16H15F2N3/c1-9(2)21-15-8-11(17)4-6-14(15)20-16(21)10-3-5-12(18)13(19)7-10/h3-9H,19H2,1-2H3. The molecular formula is C16H15F2N3. The lowest BCUT2D eigenvalue weighted by atomic mass is 10.1. The summed E-state index contributed by atoms with van der Waals surface area (Å²) in [6.07, 6.45) is 0. The molecule has 0 aliphatic heterocycles. The number of imidazole rings is 1. The van der Waals surface area contributed by atoms with Crippen LogP contribution in [0.4, 0.5) is 14.5 Å². The number of halogens is 2. The Bertz CT molecular complexity index is 822. The van der Waals surface area contributed by atoms with E-state index in [1.165, 1.54) is 18.2 Å². The lowest BCUT2D eigenvalue weighted by molar-refractivity contribution is 0.613. The minimum atomic E-state index is -0.461. The van der Waals surface area contributed by atoms with Crippen molar-refractivity contribution in [1.82, 2.24) is 9.55 Å². The number of hydrogen-bond donors (Lipinski definition) is 1. The second-order valence-corrected chi connectivity index (χ2v) is 5.27. The average molecular weight is 287 g/mol. The van der Waals surface area contributed by atoms with E-state index in [9.17, 15) is 8.78 Å². The molecule has 3 rings (SSSR count). The average Bonchev–Trinajstić information content (AvgIpc) is 2.80. The zero-order valence-electron chi connectivity index (χ0n) is 11.8. The van der Waals surface area contributed by atoms with Crippen molar-refractivity contribution in [3.05, 3.63) is 48.0 Å². The Morgan fingerprint density at radius 3 is 2.52 bits per heavy atom. The van der Waals surface area contributed by atoms with E-state index in [2.05, 4.69) is 4.98 Å². The Balaban J connectivity index is 2.30. The number of nitrogens with two attached hydrogens (primary N) is 1. The van der Waals surface area contributed by atoms with Crippen LogP contribution in [0.5, 0.6) is 0 Å². The Morgan fingerprint density at radius 2 is 1.86 bits per heavy atom. The van der Waals surface area contributed by atoms with Crippen LogP contribution in [0.2, 0.25) is 0 Å². The molecule has 2 aromatic carbocycles. The summed E-state index contributed by atoms with van der Waals surface area (Å²) in [5.41, 5.74) is 7.82. The maximum atomic E-state index is 13.5. The second kappa shape index (κ2) is 4.84. The molecule has 108 valence electrons.